The predicted molar refractivity (Wildman–Crippen MR) is 95.5 cm³/mol. The molecule has 3 heterocycles. The minimum Gasteiger partial charge on any atom is -0.463 e. The first-order chi connectivity index (χ1) is 12.2. The largest absolute Gasteiger partial charge is 0.463 e. The van der Waals surface area contributed by atoms with Gasteiger partial charge in [-0.2, -0.15) is 0 Å². The molecule has 5 nitrogen and oxygen atoms in total. The summed E-state index contributed by atoms with van der Waals surface area (Å²) in [6.45, 7) is 0.349. The van der Waals surface area contributed by atoms with Gasteiger partial charge in [-0.1, -0.05) is 35.9 Å². The van der Waals surface area contributed by atoms with Gasteiger partial charge in [0.05, 0.1) is 35.0 Å². The Labute approximate surface area is 149 Å². The molecule has 4 rings (SSSR count). The Morgan fingerprint density at radius 3 is 3.00 bits per heavy atom. The molecule has 0 saturated carbocycles. The van der Waals surface area contributed by atoms with Crippen LogP contribution in [0, 0.1) is 0 Å². The van der Waals surface area contributed by atoms with E-state index in [1.54, 1.807) is 41.5 Å². The van der Waals surface area contributed by atoms with Crippen LogP contribution in [0.25, 0.3) is 22.4 Å². The Kier molecular flexibility index (Phi) is 4.03. The molecule has 1 aliphatic rings. The number of nitrogens with zero attached hydrogens (tertiary/aromatic N) is 2. The highest BCUT2D eigenvalue weighted by Crippen LogP contribution is 2.30. The van der Waals surface area contributed by atoms with E-state index >= 15 is 0 Å². The summed E-state index contributed by atoms with van der Waals surface area (Å²) >= 11 is 6.31. The van der Waals surface area contributed by atoms with Gasteiger partial charge >= 0.3 is 0 Å². The van der Waals surface area contributed by atoms with E-state index in [1.165, 1.54) is 0 Å². The monoisotopic (exact) mass is 354 g/mol. The maximum absolute atomic E-state index is 13.1. The number of benzene rings is 1. The average Bonchev–Trinajstić information content (AvgIpc) is 3.32. The fourth-order valence-corrected chi connectivity index (χ4v) is 3.28. The lowest BCUT2D eigenvalue weighted by atomic mass is 10.0. The molecule has 1 amide bonds. The van der Waals surface area contributed by atoms with Crippen molar-refractivity contribution >= 4 is 28.4 Å². The number of hydrogen-bond acceptors (Lipinski definition) is 4. The summed E-state index contributed by atoms with van der Waals surface area (Å²) in [5.74, 6) is 0.389. The quantitative estimate of drug-likeness (QED) is 0.731. The van der Waals surface area contributed by atoms with Crippen molar-refractivity contribution in [3.05, 3.63) is 65.4 Å². The number of pyridine rings is 1. The van der Waals surface area contributed by atoms with E-state index in [4.69, 9.17) is 16.0 Å². The van der Waals surface area contributed by atoms with E-state index in [9.17, 15) is 9.90 Å². The highest BCUT2D eigenvalue weighted by Gasteiger charge is 2.27. The topological polar surface area (TPSA) is 66.6 Å². The van der Waals surface area contributed by atoms with Crippen molar-refractivity contribution in [1.29, 1.82) is 0 Å². The minimum atomic E-state index is -0.318. The highest BCUT2D eigenvalue weighted by atomic mass is 35.5. The molecule has 0 radical (unpaired) electrons. The molecule has 126 valence electrons. The number of aromatic nitrogens is 1. The van der Waals surface area contributed by atoms with Crippen molar-refractivity contribution in [2.24, 2.45) is 0 Å². The lowest BCUT2D eigenvalue weighted by molar-refractivity contribution is 0.0702. The van der Waals surface area contributed by atoms with Gasteiger partial charge in [-0.25, -0.2) is 4.98 Å². The third kappa shape index (κ3) is 2.71. The molecule has 0 fully saturated rings. The second kappa shape index (κ2) is 6.35. The molecule has 1 N–H and O–H groups in total. The molecule has 3 aromatic rings. The third-order valence-electron chi connectivity index (χ3n) is 4.30. The Bertz CT molecular complexity index is 966. The Morgan fingerprint density at radius 2 is 2.24 bits per heavy atom. The minimum absolute atomic E-state index is 0.114. The van der Waals surface area contributed by atoms with Crippen LogP contribution in [-0.2, 0) is 0 Å². The van der Waals surface area contributed by atoms with Crippen LogP contribution in [0.2, 0.25) is 5.02 Å². The van der Waals surface area contributed by atoms with Crippen LogP contribution in [0.4, 0.5) is 0 Å². The van der Waals surface area contributed by atoms with Crippen LogP contribution in [0.5, 0.6) is 0 Å². The van der Waals surface area contributed by atoms with Crippen molar-refractivity contribution in [3.8, 4) is 11.5 Å². The summed E-state index contributed by atoms with van der Waals surface area (Å²) in [6, 6.07) is 10.3. The van der Waals surface area contributed by atoms with Crippen LogP contribution in [0.3, 0.4) is 0 Å². The molecule has 1 aliphatic heterocycles. The fraction of sp³-hybridized carbons (Fsp3) is 0.158. The molecule has 0 spiro atoms. The standard InChI is InChI=1S/C19H15ClN2O3/c20-15-6-1-5-13-14(19(24)22-8-2-4-12(22)11-23)10-16(21-18(13)15)17-7-3-9-25-17/h1-7,9-10,12,23H,8,11H2/t12-/m1/s1. The molecular formula is C19H15ClN2O3. The number of fused-ring (bicyclic) bond motifs is 1. The zero-order chi connectivity index (χ0) is 17.4. The number of halogens is 1. The molecular weight excluding hydrogens is 340 g/mol. The van der Waals surface area contributed by atoms with Crippen molar-refractivity contribution < 1.29 is 14.3 Å². The number of amides is 1. The summed E-state index contributed by atoms with van der Waals surface area (Å²) in [5.41, 5.74) is 1.58. The Hall–Kier alpha value is -2.63. The second-order valence-electron chi connectivity index (χ2n) is 5.80. The molecule has 6 heteroatoms. The van der Waals surface area contributed by atoms with Crippen molar-refractivity contribution in [3.63, 3.8) is 0 Å². The maximum atomic E-state index is 13.1. The second-order valence-corrected chi connectivity index (χ2v) is 6.21. The van der Waals surface area contributed by atoms with Gasteiger partial charge in [0.1, 0.15) is 5.69 Å². The van der Waals surface area contributed by atoms with E-state index in [0.717, 1.165) is 0 Å². The first-order valence-corrected chi connectivity index (χ1v) is 8.28. The van der Waals surface area contributed by atoms with Gasteiger partial charge in [0.2, 0.25) is 0 Å². The van der Waals surface area contributed by atoms with Crippen LogP contribution >= 0.6 is 11.6 Å². The van der Waals surface area contributed by atoms with Gasteiger partial charge < -0.3 is 14.4 Å². The van der Waals surface area contributed by atoms with Crippen molar-refractivity contribution in [2.75, 3.05) is 13.2 Å². The Morgan fingerprint density at radius 1 is 1.36 bits per heavy atom. The Balaban J connectivity index is 1.90. The normalized spacial score (nSPS) is 16.7. The lowest BCUT2D eigenvalue weighted by Crippen LogP contribution is -2.38. The van der Waals surface area contributed by atoms with Crippen LogP contribution in [0.15, 0.2) is 59.2 Å². The van der Waals surface area contributed by atoms with E-state index in [2.05, 4.69) is 4.98 Å². The first kappa shape index (κ1) is 15.9. The fourth-order valence-electron chi connectivity index (χ4n) is 3.06. The number of rotatable bonds is 3. The number of hydrogen-bond donors (Lipinski definition) is 1. The molecule has 1 aromatic carbocycles. The molecule has 0 unspecified atom stereocenters. The predicted octanol–water partition coefficient (Wildman–Crippen LogP) is 3.52. The van der Waals surface area contributed by atoms with Gasteiger partial charge in [0.25, 0.3) is 5.91 Å². The van der Waals surface area contributed by atoms with E-state index in [0.29, 0.717) is 39.5 Å². The number of carbonyl (C=O) groups excluding carboxylic acids is 1. The summed E-state index contributed by atoms with van der Waals surface area (Å²) in [4.78, 5) is 19.3. The van der Waals surface area contributed by atoms with Gasteiger partial charge in [-0.3, -0.25) is 4.79 Å². The summed E-state index contributed by atoms with van der Waals surface area (Å²) in [7, 11) is 0. The summed E-state index contributed by atoms with van der Waals surface area (Å²) in [6.07, 6.45) is 5.27. The number of aliphatic hydroxyl groups excluding tert-OH is 1. The smallest absolute Gasteiger partial charge is 0.255 e. The zero-order valence-corrected chi connectivity index (χ0v) is 14.0. The van der Waals surface area contributed by atoms with Crippen LogP contribution < -0.4 is 0 Å². The molecule has 1 atom stereocenters. The third-order valence-corrected chi connectivity index (χ3v) is 4.61. The van der Waals surface area contributed by atoms with Gasteiger partial charge in [-0.15, -0.1) is 0 Å². The number of aliphatic hydroxyl groups is 1. The lowest BCUT2D eigenvalue weighted by Gasteiger charge is -2.24. The average molecular weight is 355 g/mol. The summed E-state index contributed by atoms with van der Waals surface area (Å²) in [5, 5.41) is 10.6. The number of furan rings is 1. The SMILES string of the molecule is O=C(c1cc(-c2ccco2)nc2c(Cl)cccc12)N1CC=C[C@@H]1CO. The molecule has 0 aliphatic carbocycles. The summed E-state index contributed by atoms with van der Waals surface area (Å²) < 4.78 is 5.43. The molecule has 2 aromatic heterocycles. The van der Waals surface area contributed by atoms with Crippen LogP contribution in [-0.4, -0.2) is 40.1 Å². The first-order valence-electron chi connectivity index (χ1n) is 7.90. The van der Waals surface area contributed by atoms with Gasteiger partial charge in [0.15, 0.2) is 5.76 Å². The molecule has 0 bridgehead atoms. The zero-order valence-electron chi connectivity index (χ0n) is 13.2. The van der Waals surface area contributed by atoms with Crippen molar-refractivity contribution in [1.82, 2.24) is 9.88 Å². The highest BCUT2D eigenvalue weighted by molar-refractivity contribution is 6.35. The van der Waals surface area contributed by atoms with Gasteiger partial charge in [0, 0.05) is 11.9 Å². The number of para-hydroxylation sites is 1. The van der Waals surface area contributed by atoms with Gasteiger partial charge in [-0.05, 0) is 24.3 Å². The molecule has 0 saturated heterocycles. The van der Waals surface area contributed by atoms with E-state index in [-0.39, 0.29) is 18.6 Å². The van der Waals surface area contributed by atoms with E-state index in [1.807, 2.05) is 18.2 Å². The van der Waals surface area contributed by atoms with E-state index < -0.39 is 0 Å². The molecule has 25 heavy (non-hydrogen) atoms. The van der Waals surface area contributed by atoms with Crippen molar-refractivity contribution in [2.45, 2.75) is 6.04 Å². The number of carbonyl (C=O) groups is 1. The van der Waals surface area contributed by atoms with Crippen LogP contribution in [0.1, 0.15) is 10.4 Å². The maximum Gasteiger partial charge on any atom is 0.255 e.